The molecule has 0 spiro atoms. The number of ether oxygens (including phenoxy) is 2. The van der Waals surface area contributed by atoms with Gasteiger partial charge in [0.1, 0.15) is 5.75 Å². The Bertz CT molecular complexity index is 304. The third kappa shape index (κ3) is 2.38. The highest BCUT2D eigenvalue weighted by molar-refractivity contribution is 9.10. The third-order valence-corrected chi connectivity index (χ3v) is 2.07. The highest BCUT2D eigenvalue weighted by Crippen LogP contribution is 2.29. The van der Waals surface area contributed by atoms with E-state index in [4.69, 9.17) is 4.74 Å². The van der Waals surface area contributed by atoms with Crippen LogP contribution in [-0.4, -0.2) is 13.9 Å². The van der Waals surface area contributed by atoms with Gasteiger partial charge in [-0.1, -0.05) is 0 Å². The average molecular weight is 253 g/mol. The van der Waals surface area contributed by atoms with E-state index >= 15 is 0 Å². The number of methoxy groups -OCH3 is 1. The second kappa shape index (κ2) is 4.53. The first-order valence-corrected chi connectivity index (χ1v) is 4.21. The molecule has 0 atom stereocenters. The summed E-state index contributed by atoms with van der Waals surface area (Å²) in [6, 6.07) is 2.31. The van der Waals surface area contributed by atoms with E-state index in [1.54, 1.807) is 0 Å². The van der Waals surface area contributed by atoms with Crippen LogP contribution in [0.5, 0.6) is 5.75 Å². The molecule has 1 aromatic carbocycles. The van der Waals surface area contributed by atoms with E-state index in [9.17, 15) is 8.78 Å². The molecule has 0 bridgehead atoms. The summed E-state index contributed by atoms with van der Waals surface area (Å²) in [5.41, 5.74) is 0. The fourth-order valence-corrected chi connectivity index (χ4v) is 1.18. The molecule has 5 heteroatoms. The fourth-order valence-electron chi connectivity index (χ4n) is 0.742. The van der Waals surface area contributed by atoms with Crippen molar-refractivity contribution in [1.29, 1.82) is 0 Å². The van der Waals surface area contributed by atoms with E-state index in [0.29, 0.717) is 0 Å². The molecule has 0 saturated heterocycles. The van der Waals surface area contributed by atoms with Gasteiger partial charge in [-0.2, -0.15) is 0 Å². The molecular weight excluding hydrogens is 246 g/mol. The first-order valence-electron chi connectivity index (χ1n) is 3.42. The summed E-state index contributed by atoms with van der Waals surface area (Å²) in [7, 11) is 1.44. The van der Waals surface area contributed by atoms with Gasteiger partial charge in [-0.05, 0) is 28.1 Å². The quantitative estimate of drug-likeness (QED) is 0.609. The molecule has 1 rings (SSSR count). The predicted octanol–water partition coefficient (Wildman–Crippen LogP) is 2.71. The van der Waals surface area contributed by atoms with Crippen molar-refractivity contribution in [1.82, 2.24) is 0 Å². The molecule has 0 radical (unpaired) electrons. The van der Waals surface area contributed by atoms with Crippen LogP contribution in [-0.2, 0) is 4.74 Å². The number of halogens is 3. The number of rotatable bonds is 3. The third-order valence-electron chi connectivity index (χ3n) is 1.33. The lowest BCUT2D eigenvalue weighted by atomic mass is 10.3. The molecule has 1 aromatic rings. The van der Waals surface area contributed by atoms with Gasteiger partial charge >= 0.3 is 0 Å². The minimum atomic E-state index is -0.964. The van der Waals surface area contributed by atoms with E-state index < -0.39 is 11.6 Å². The van der Waals surface area contributed by atoms with Crippen molar-refractivity contribution in [3.05, 3.63) is 28.2 Å². The maximum absolute atomic E-state index is 12.9. The Kier molecular flexibility index (Phi) is 3.62. The summed E-state index contributed by atoms with van der Waals surface area (Å²) in [6.45, 7) is -0.0102. The molecule has 0 amide bonds. The molecule has 0 N–H and O–H groups in total. The van der Waals surface area contributed by atoms with Crippen molar-refractivity contribution in [3.63, 3.8) is 0 Å². The number of benzene rings is 1. The van der Waals surface area contributed by atoms with Crippen LogP contribution in [0.25, 0.3) is 0 Å². The van der Waals surface area contributed by atoms with Crippen molar-refractivity contribution < 1.29 is 18.3 Å². The van der Waals surface area contributed by atoms with E-state index in [1.165, 1.54) is 13.2 Å². The minimum Gasteiger partial charge on any atom is -0.466 e. The molecule has 0 aliphatic rings. The van der Waals surface area contributed by atoms with Gasteiger partial charge in [-0.3, -0.25) is 0 Å². The predicted molar refractivity (Wildman–Crippen MR) is 46.6 cm³/mol. The van der Waals surface area contributed by atoms with Gasteiger partial charge in [0.15, 0.2) is 18.4 Å². The average Bonchev–Trinajstić information content (AvgIpc) is 2.13. The van der Waals surface area contributed by atoms with Crippen molar-refractivity contribution in [2.45, 2.75) is 0 Å². The van der Waals surface area contributed by atoms with Gasteiger partial charge in [-0.15, -0.1) is 0 Å². The molecule has 0 heterocycles. The SMILES string of the molecule is COCOc1ccc(F)c(F)c1Br. The lowest BCUT2D eigenvalue weighted by molar-refractivity contribution is 0.0502. The zero-order valence-corrected chi connectivity index (χ0v) is 8.40. The molecule has 0 aliphatic heterocycles. The standard InChI is InChI=1S/C8H7BrF2O2/c1-12-4-13-6-3-2-5(10)8(11)7(6)9/h2-3H,4H2,1H3. The van der Waals surface area contributed by atoms with Gasteiger partial charge in [0.2, 0.25) is 0 Å². The van der Waals surface area contributed by atoms with Crippen LogP contribution in [0.2, 0.25) is 0 Å². The summed E-state index contributed by atoms with van der Waals surface area (Å²) < 4.78 is 35.0. The Balaban J connectivity index is 2.90. The number of hydrogen-bond donors (Lipinski definition) is 0. The minimum absolute atomic E-state index is 0.0102. The Labute approximate surface area is 82.6 Å². The highest BCUT2D eigenvalue weighted by Gasteiger charge is 2.11. The maximum Gasteiger partial charge on any atom is 0.188 e. The zero-order valence-electron chi connectivity index (χ0n) is 6.81. The molecule has 0 aliphatic carbocycles. The summed E-state index contributed by atoms with van der Waals surface area (Å²) in [5, 5.41) is 0. The van der Waals surface area contributed by atoms with E-state index in [0.717, 1.165) is 6.07 Å². The first-order chi connectivity index (χ1) is 6.16. The van der Waals surface area contributed by atoms with Crippen molar-refractivity contribution in [2.75, 3.05) is 13.9 Å². The zero-order chi connectivity index (χ0) is 9.84. The van der Waals surface area contributed by atoms with Crippen molar-refractivity contribution in [3.8, 4) is 5.75 Å². The lowest BCUT2D eigenvalue weighted by Crippen LogP contribution is -2.00. The monoisotopic (exact) mass is 252 g/mol. The Morgan fingerprint density at radius 3 is 2.69 bits per heavy atom. The van der Waals surface area contributed by atoms with Gasteiger partial charge in [0.25, 0.3) is 0 Å². The van der Waals surface area contributed by atoms with Crippen LogP contribution in [0.4, 0.5) is 8.78 Å². The molecule has 2 nitrogen and oxygen atoms in total. The normalized spacial score (nSPS) is 10.2. The van der Waals surface area contributed by atoms with Gasteiger partial charge in [-0.25, -0.2) is 8.78 Å². The van der Waals surface area contributed by atoms with E-state index in [-0.39, 0.29) is 17.0 Å². The fraction of sp³-hybridized carbons (Fsp3) is 0.250. The number of hydrogen-bond acceptors (Lipinski definition) is 2. The lowest BCUT2D eigenvalue weighted by Gasteiger charge is -2.07. The van der Waals surface area contributed by atoms with Crippen LogP contribution >= 0.6 is 15.9 Å². The van der Waals surface area contributed by atoms with Crippen LogP contribution in [0.15, 0.2) is 16.6 Å². The van der Waals surface area contributed by atoms with Gasteiger partial charge in [0.05, 0.1) is 4.47 Å². The smallest absolute Gasteiger partial charge is 0.188 e. The van der Waals surface area contributed by atoms with Crippen molar-refractivity contribution in [2.24, 2.45) is 0 Å². The molecule has 0 aromatic heterocycles. The summed E-state index contributed by atoms with van der Waals surface area (Å²) >= 11 is 2.87. The molecule has 0 saturated carbocycles. The van der Waals surface area contributed by atoms with Crippen LogP contribution in [0.1, 0.15) is 0 Å². The van der Waals surface area contributed by atoms with E-state index in [2.05, 4.69) is 20.7 Å². The Morgan fingerprint density at radius 2 is 2.08 bits per heavy atom. The van der Waals surface area contributed by atoms with Crippen LogP contribution in [0, 0.1) is 11.6 Å². The van der Waals surface area contributed by atoms with Crippen LogP contribution in [0.3, 0.4) is 0 Å². The van der Waals surface area contributed by atoms with Gasteiger partial charge in [0, 0.05) is 7.11 Å². The Morgan fingerprint density at radius 1 is 1.38 bits per heavy atom. The van der Waals surface area contributed by atoms with Crippen molar-refractivity contribution >= 4 is 15.9 Å². The summed E-state index contributed by atoms with van der Waals surface area (Å²) in [6.07, 6.45) is 0. The molecule has 13 heavy (non-hydrogen) atoms. The van der Waals surface area contributed by atoms with E-state index in [1.807, 2.05) is 0 Å². The second-order valence-electron chi connectivity index (χ2n) is 2.22. The summed E-state index contributed by atoms with van der Waals surface area (Å²) in [4.78, 5) is 0. The highest BCUT2D eigenvalue weighted by atomic mass is 79.9. The molecule has 0 fully saturated rings. The molecule has 72 valence electrons. The summed E-state index contributed by atoms with van der Waals surface area (Å²) in [5.74, 6) is -1.68. The molecular formula is C8H7BrF2O2. The topological polar surface area (TPSA) is 18.5 Å². The Hall–Kier alpha value is -0.680. The first kappa shape index (κ1) is 10.4. The maximum atomic E-state index is 12.9. The molecule has 0 unspecified atom stereocenters. The van der Waals surface area contributed by atoms with Gasteiger partial charge < -0.3 is 9.47 Å². The second-order valence-corrected chi connectivity index (χ2v) is 3.02. The largest absolute Gasteiger partial charge is 0.466 e. The van der Waals surface area contributed by atoms with Crippen LogP contribution < -0.4 is 4.74 Å².